The molecule has 0 saturated heterocycles. The number of hydrogen-bond donors (Lipinski definition) is 1. The highest BCUT2D eigenvalue weighted by molar-refractivity contribution is 6.32. The normalized spacial score (nSPS) is 15.7. The smallest absolute Gasteiger partial charge is 0.336 e. The second-order valence-corrected chi connectivity index (χ2v) is 6.65. The van der Waals surface area contributed by atoms with Crippen molar-refractivity contribution in [3.05, 3.63) is 44.8 Å². The lowest BCUT2D eigenvalue weighted by molar-refractivity contribution is -0.126. The van der Waals surface area contributed by atoms with Crippen molar-refractivity contribution in [2.24, 2.45) is 5.92 Å². The molecule has 2 aromatic rings. The average molecular weight is 334 g/mol. The fourth-order valence-electron chi connectivity index (χ4n) is 3.19. The van der Waals surface area contributed by atoms with Gasteiger partial charge in [0.25, 0.3) is 0 Å². The first-order valence-corrected chi connectivity index (χ1v) is 8.43. The van der Waals surface area contributed by atoms with Crippen molar-refractivity contribution in [2.75, 3.05) is 0 Å². The molecule has 0 atom stereocenters. The van der Waals surface area contributed by atoms with Crippen molar-refractivity contribution in [3.63, 3.8) is 0 Å². The number of amides is 1. The number of aryl methyl sites for hydroxylation is 1. The Kier molecular flexibility index (Phi) is 4.71. The fraction of sp³-hybridized carbons (Fsp3) is 0.444. The summed E-state index contributed by atoms with van der Waals surface area (Å²) in [5.74, 6) is 0.172. The Bertz CT molecular complexity index is 791. The molecule has 1 aromatic heterocycles. The Morgan fingerprint density at radius 1 is 1.26 bits per heavy atom. The van der Waals surface area contributed by atoms with Crippen LogP contribution in [0, 0.1) is 12.8 Å². The van der Waals surface area contributed by atoms with E-state index in [1.165, 1.54) is 12.5 Å². The van der Waals surface area contributed by atoms with E-state index in [0.717, 1.165) is 42.2 Å². The first-order chi connectivity index (χ1) is 11.0. The molecule has 0 unspecified atom stereocenters. The van der Waals surface area contributed by atoms with Crippen LogP contribution in [0.25, 0.3) is 11.0 Å². The molecular formula is C18H20ClNO3. The summed E-state index contributed by atoms with van der Waals surface area (Å²) >= 11 is 6.18. The molecule has 1 aliphatic carbocycles. The molecule has 0 bridgehead atoms. The minimum atomic E-state index is -0.416. The van der Waals surface area contributed by atoms with Crippen molar-refractivity contribution in [1.29, 1.82) is 0 Å². The van der Waals surface area contributed by atoms with Crippen LogP contribution in [0.4, 0.5) is 0 Å². The second kappa shape index (κ2) is 6.75. The summed E-state index contributed by atoms with van der Waals surface area (Å²) in [6.07, 6.45) is 5.35. The number of fused-ring (bicyclic) bond motifs is 1. The monoisotopic (exact) mass is 333 g/mol. The van der Waals surface area contributed by atoms with Crippen LogP contribution in [0.1, 0.15) is 43.2 Å². The Balaban J connectivity index is 1.83. The van der Waals surface area contributed by atoms with Crippen LogP contribution in [0.5, 0.6) is 0 Å². The van der Waals surface area contributed by atoms with Crippen LogP contribution in [-0.4, -0.2) is 5.91 Å². The Labute approximate surface area is 139 Å². The first-order valence-electron chi connectivity index (χ1n) is 8.05. The molecule has 23 heavy (non-hydrogen) atoms. The van der Waals surface area contributed by atoms with E-state index in [1.54, 1.807) is 12.1 Å². The van der Waals surface area contributed by atoms with E-state index in [4.69, 9.17) is 16.0 Å². The SMILES string of the molecule is Cc1cc2oc(=O)cc(CNC(=O)C3CCCCC3)c2cc1Cl. The summed E-state index contributed by atoms with van der Waals surface area (Å²) in [5, 5.41) is 4.34. The van der Waals surface area contributed by atoms with Gasteiger partial charge in [-0.15, -0.1) is 0 Å². The van der Waals surface area contributed by atoms with Crippen molar-refractivity contribution < 1.29 is 9.21 Å². The molecule has 5 heteroatoms. The van der Waals surface area contributed by atoms with Gasteiger partial charge in [0.2, 0.25) is 5.91 Å². The van der Waals surface area contributed by atoms with Gasteiger partial charge in [0, 0.05) is 28.9 Å². The van der Waals surface area contributed by atoms with Crippen LogP contribution in [0.2, 0.25) is 5.02 Å². The molecule has 1 aromatic carbocycles. The molecule has 1 N–H and O–H groups in total. The van der Waals surface area contributed by atoms with Crippen molar-refractivity contribution >= 4 is 28.5 Å². The number of benzene rings is 1. The minimum Gasteiger partial charge on any atom is -0.423 e. The summed E-state index contributed by atoms with van der Waals surface area (Å²) in [4.78, 5) is 24.0. The van der Waals surface area contributed by atoms with Gasteiger partial charge in [0.15, 0.2) is 0 Å². The van der Waals surface area contributed by atoms with Crippen LogP contribution in [-0.2, 0) is 11.3 Å². The predicted octanol–water partition coefficient (Wildman–Crippen LogP) is 3.95. The van der Waals surface area contributed by atoms with Gasteiger partial charge in [-0.05, 0) is 43.0 Å². The number of carbonyl (C=O) groups excluding carboxylic acids is 1. The highest BCUT2D eigenvalue weighted by Crippen LogP contribution is 2.26. The molecule has 1 aliphatic rings. The zero-order chi connectivity index (χ0) is 16.4. The molecule has 1 amide bonds. The molecule has 0 radical (unpaired) electrons. The minimum absolute atomic E-state index is 0.0734. The zero-order valence-electron chi connectivity index (χ0n) is 13.2. The highest BCUT2D eigenvalue weighted by Gasteiger charge is 2.21. The number of rotatable bonds is 3. The summed E-state index contributed by atoms with van der Waals surface area (Å²) in [6.45, 7) is 2.18. The summed E-state index contributed by atoms with van der Waals surface area (Å²) in [7, 11) is 0. The van der Waals surface area contributed by atoms with Crippen LogP contribution in [0.15, 0.2) is 27.4 Å². The number of carbonyl (C=O) groups is 1. The number of nitrogens with one attached hydrogen (secondary N) is 1. The molecule has 0 aliphatic heterocycles. The standard InChI is InChI=1S/C18H20ClNO3/c1-11-7-16-14(9-15(11)19)13(8-17(21)23-16)10-20-18(22)12-5-3-2-4-6-12/h7-9,12H,2-6,10H2,1H3,(H,20,22). The summed E-state index contributed by atoms with van der Waals surface area (Å²) in [6, 6.07) is 4.97. The third-order valence-corrected chi connectivity index (χ3v) is 4.95. The maximum Gasteiger partial charge on any atom is 0.336 e. The number of hydrogen-bond acceptors (Lipinski definition) is 3. The molecule has 122 valence electrons. The van der Waals surface area contributed by atoms with E-state index in [9.17, 15) is 9.59 Å². The molecule has 1 fully saturated rings. The van der Waals surface area contributed by atoms with E-state index in [-0.39, 0.29) is 11.8 Å². The van der Waals surface area contributed by atoms with Gasteiger partial charge in [-0.1, -0.05) is 30.9 Å². The molecule has 3 rings (SSSR count). The largest absolute Gasteiger partial charge is 0.423 e. The topological polar surface area (TPSA) is 59.3 Å². The predicted molar refractivity (Wildman–Crippen MR) is 90.7 cm³/mol. The maximum absolute atomic E-state index is 12.3. The Hall–Kier alpha value is -1.81. The third kappa shape index (κ3) is 3.58. The van der Waals surface area contributed by atoms with Gasteiger partial charge in [-0.3, -0.25) is 4.79 Å². The lowest BCUT2D eigenvalue weighted by Gasteiger charge is -2.20. The van der Waals surface area contributed by atoms with Crippen molar-refractivity contribution in [2.45, 2.75) is 45.6 Å². The molecular weight excluding hydrogens is 314 g/mol. The second-order valence-electron chi connectivity index (χ2n) is 6.24. The Morgan fingerprint density at radius 3 is 2.74 bits per heavy atom. The van der Waals surface area contributed by atoms with Gasteiger partial charge in [0.1, 0.15) is 5.58 Å². The van der Waals surface area contributed by atoms with Crippen molar-refractivity contribution in [3.8, 4) is 0 Å². The molecule has 4 nitrogen and oxygen atoms in total. The first kappa shape index (κ1) is 16.1. The summed E-state index contributed by atoms with van der Waals surface area (Å²) < 4.78 is 5.23. The van der Waals surface area contributed by atoms with Gasteiger partial charge >= 0.3 is 5.63 Å². The van der Waals surface area contributed by atoms with Gasteiger partial charge in [-0.25, -0.2) is 4.79 Å². The van der Waals surface area contributed by atoms with E-state index in [1.807, 2.05) is 6.92 Å². The van der Waals surface area contributed by atoms with E-state index < -0.39 is 5.63 Å². The van der Waals surface area contributed by atoms with Crippen LogP contribution in [0.3, 0.4) is 0 Å². The fourth-order valence-corrected chi connectivity index (χ4v) is 3.35. The van der Waals surface area contributed by atoms with E-state index in [2.05, 4.69) is 5.32 Å². The Morgan fingerprint density at radius 2 is 2.00 bits per heavy atom. The van der Waals surface area contributed by atoms with Gasteiger partial charge < -0.3 is 9.73 Å². The summed E-state index contributed by atoms with van der Waals surface area (Å²) in [5.41, 5.74) is 1.68. The lowest BCUT2D eigenvalue weighted by Crippen LogP contribution is -2.31. The quantitative estimate of drug-likeness (QED) is 0.865. The highest BCUT2D eigenvalue weighted by atomic mass is 35.5. The molecule has 1 saturated carbocycles. The van der Waals surface area contributed by atoms with Crippen molar-refractivity contribution in [1.82, 2.24) is 5.32 Å². The third-order valence-electron chi connectivity index (χ3n) is 4.54. The molecule has 1 heterocycles. The van der Waals surface area contributed by atoms with Gasteiger partial charge in [0.05, 0.1) is 0 Å². The van der Waals surface area contributed by atoms with E-state index in [0.29, 0.717) is 17.2 Å². The zero-order valence-corrected chi connectivity index (χ0v) is 13.9. The van der Waals surface area contributed by atoms with E-state index >= 15 is 0 Å². The number of halogens is 1. The average Bonchev–Trinajstić information content (AvgIpc) is 2.55. The lowest BCUT2D eigenvalue weighted by atomic mass is 9.88. The van der Waals surface area contributed by atoms with Gasteiger partial charge in [-0.2, -0.15) is 0 Å². The maximum atomic E-state index is 12.3. The molecule has 0 spiro atoms. The van der Waals surface area contributed by atoms with Crippen LogP contribution >= 0.6 is 11.6 Å². The van der Waals surface area contributed by atoms with Crippen LogP contribution < -0.4 is 10.9 Å².